The Bertz CT molecular complexity index is 402. The Kier molecular flexibility index (Phi) is 5.64. The van der Waals surface area contributed by atoms with Crippen molar-refractivity contribution in [3.8, 4) is 6.07 Å². The highest BCUT2D eigenvalue weighted by Gasteiger charge is 2.17. The van der Waals surface area contributed by atoms with E-state index in [1.165, 1.54) is 17.5 Å². The summed E-state index contributed by atoms with van der Waals surface area (Å²) >= 11 is 1.21. The molecule has 0 saturated heterocycles. The highest BCUT2D eigenvalue weighted by molar-refractivity contribution is 7.16. The molecule has 0 saturated carbocycles. The lowest BCUT2D eigenvalue weighted by atomic mass is 9.97. The summed E-state index contributed by atoms with van der Waals surface area (Å²) in [5.41, 5.74) is 0. The number of nitriles is 1. The number of thiazole rings is 1. The number of amides is 1. The van der Waals surface area contributed by atoms with Crippen LogP contribution in [0.1, 0.15) is 44.4 Å². The molecular weight excluding hydrogens is 234 g/mol. The van der Waals surface area contributed by atoms with Crippen LogP contribution in [0.25, 0.3) is 0 Å². The molecule has 0 unspecified atom stereocenters. The van der Waals surface area contributed by atoms with Crippen LogP contribution in [0.3, 0.4) is 0 Å². The van der Waals surface area contributed by atoms with Crippen LogP contribution in [-0.2, 0) is 4.79 Å². The molecule has 1 N–H and O–H groups in total. The molecule has 1 aromatic rings. The largest absolute Gasteiger partial charge is 0.302 e. The van der Waals surface area contributed by atoms with Crippen molar-refractivity contribution < 1.29 is 4.79 Å². The maximum absolute atomic E-state index is 12.0. The third-order valence-electron chi connectivity index (χ3n) is 2.49. The number of carbonyl (C=O) groups is 1. The molecule has 4 nitrogen and oxygen atoms in total. The van der Waals surface area contributed by atoms with E-state index in [1.807, 2.05) is 6.07 Å². The number of rotatable bonds is 6. The highest BCUT2D eigenvalue weighted by Crippen LogP contribution is 2.20. The van der Waals surface area contributed by atoms with E-state index in [4.69, 9.17) is 5.26 Å². The zero-order valence-corrected chi connectivity index (χ0v) is 11.0. The van der Waals surface area contributed by atoms with Gasteiger partial charge in [0.15, 0.2) is 5.13 Å². The van der Waals surface area contributed by atoms with Gasteiger partial charge in [-0.3, -0.25) is 4.79 Å². The number of nitrogens with zero attached hydrogens (tertiary/aromatic N) is 2. The molecule has 1 aromatic heterocycles. The predicted molar refractivity (Wildman–Crippen MR) is 68.8 cm³/mol. The van der Waals surface area contributed by atoms with Crippen LogP contribution < -0.4 is 5.32 Å². The number of carbonyl (C=O) groups excluding carboxylic acids is 1. The van der Waals surface area contributed by atoms with E-state index in [0.717, 1.165) is 25.7 Å². The van der Waals surface area contributed by atoms with Crippen molar-refractivity contribution in [2.45, 2.75) is 39.5 Å². The van der Waals surface area contributed by atoms with Gasteiger partial charge >= 0.3 is 0 Å². The number of anilines is 1. The Balaban J connectivity index is 2.59. The summed E-state index contributed by atoms with van der Waals surface area (Å²) in [6, 6.07) is 2.00. The van der Waals surface area contributed by atoms with Crippen molar-refractivity contribution in [2.75, 3.05) is 5.32 Å². The Morgan fingerprint density at radius 1 is 1.53 bits per heavy atom. The zero-order valence-electron chi connectivity index (χ0n) is 10.2. The van der Waals surface area contributed by atoms with Crippen LogP contribution in [0, 0.1) is 17.2 Å². The molecular formula is C12H17N3OS. The van der Waals surface area contributed by atoms with Gasteiger partial charge in [-0.15, -0.1) is 0 Å². The minimum absolute atomic E-state index is 0.0209. The normalized spacial score (nSPS) is 10.2. The lowest BCUT2D eigenvalue weighted by Gasteiger charge is -2.13. The summed E-state index contributed by atoms with van der Waals surface area (Å²) in [6.07, 6.45) is 5.28. The van der Waals surface area contributed by atoms with Crippen LogP contribution >= 0.6 is 11.3 Å². The van der Waals surface area contributed by atoms with Gasteiger partial charge in [0.2, 0.25) is 5.91 Å². The number of aromatic nitrogens is 1. The Morgan fingerprint density at radius 2 is 2.18 bits per heavy atom. The smallest absolute Gasteiger partial charge is 0.229 e. The first-order valence-electron chi connectivity index (χ1n) is 5.88. The second-order valence-corrected chi connectivity index (χ2v) is 4.94. The summed E-state index contributed by atoms with van der Waals surface area (Å²) in [4.78, 5) is 16.5. The van der Waals surface area contributed by atoms with Crippen molar-refractivity contribution in [3.63, 3.8) is 0 Å². The summed E-state index contributed by atoms with van der Waals surface area (Å²) in [6.45, 7) is 4.15. The van der Waals surface area contributed by atoms with E-state index in [2.05, 4.69) is 24.1 Å². The average molecular weight is 251 g/mol. The molecule has 5 heteroatoms. The molecule has 0 bridgehead atoms. The predicted octanol–water partition coefficient (Wildman–Crippen LogP) is 3.17. The van der Waals surface area contributed by atoms with Crippen molar-refractivity contribution in [1.29, 1.82) is 5.26 Å². The monoisotopic (exact) mass is 251 g/mol. The SMILES string of the molecule is CCCC(CCC)C(=O)Nc1ncc(C#N)s1. The molecule has 1 rings (SSSR count). The highest BCUT2D eigenvalue weighted by atomic mass is 32.1. The molecule has 0 aromatic carbocycles. The van der Waals surface area contributed by atoms with Gasteiger partial charge in [0.25, 0.3) is 0 Å². The van der Waals surface area contributed by atoms with Gasteiger partial charge in [0.1, 0.15) is 10.9 Å². The van der Waals surface area contributed by atoms with Gasteiger partial charge in [-0.2, -0.15) is 5.26 Å². The van der Waals surface area contributed by atoms with Gasteiger partial charge in [0.05, 0.1) is 6.20 Å². The molecule has 1 heterocycles. The molecule has 0 aliphatic carbocycles. The van der Waals surface area contributed by atoms with E-state index in [0.29, 0.717) is 10.0 Å². The Morgan fingerprint density at radius 3 is 2.65 bits per heavy atom. The van der Waals surface area contributed by atoms with Crippen molar-refractivity contribution in [3.05, 3.63) is 11.1 Å². The Labute approximate surface area is 106 Å². The molecule has 1 amide bonds. The van der Waals surface area contributed by atoms with Gasteiger partial charge < -0.3 is 5.32 Å². The minimum atomic E-state index is 0.0209. The molecule has 92 valence electrons. The van der Waals surface area contributed by atoms with Gasteiger partial charge in [-0.1, -0.05) is 38.0 Å². The lowest BCUT2D eigenvalue weighted by molar-refractivity contribution is -0.120. The fourth-order valence-corrected chi connectivity index (χ4v) is 2.31. The zero-order chi connectivity index (χ0) is 12.7. The molecule has 0 atom stereocenters. The fraction of sp³-hybridized carbons (Fsp3) is 0.583. The standard InChI is InChI=1S/C12H17N3OS/c1-3-5-9(6-4-2)11(16)15-12-14-8-10(7-13)17-12/h8-9H,3-6H2,1-2H3,(H,14,15,16). The fourth-order valence-electron chi connectivity index (χ4n) is 1.69. The van der Waals surface area contributed by atoms with Gasteiger partial charge in [0, 0.05) is 5.92 Å². The lowest BCUT2D eigenvalue weighted by Crippen LogP contribution is -2.22. The number of nitrogens with one attached hydrogen (secondary N) is 1. The van der Waals surface area contributed by atoms with Crippen LogP contribution in [0.4, 0.5) is 5.13 Å². The summed E-state index contributed by atoms with van der Waals surface area (Å²) in [7, 11) is 0. The quantitative estimate of drug-likeness (QED) is 0.844. The van der Waals surface area contributed by atoms with Crippen LogP contribution in [0.2, 0.25) is 0 Å². The molecule has 0 aliphatic heterocycles. The number of hydrogen-bond acceptors (Lipinski definition) is 4. The van der Waals surface area contributed by atoms with E-state index in [1.54, 1.807) is 0 Å². The first kappa shape index (κ1) is 13.7. The van der Waals surface area contributed by atoms with Gasteiger partial charge in [-0.25, -0.2) is 4.98 Å². The van der Waals surface area contributed by atoms with Gasteiger partial charge in [-0.05, 0) is 12.8 Å². The summed E-state index contributed by atoms with van der Waals surface area (Å²) in [5.74, 6) is 0.0759. The van der Waals surface area contributed by atoms with E-state index < -0.39 is 0 Å². The average Bonchev–Trinajstić information content (AvgIpc) is 2.76. The third-order valence-corrected chi connectivity index (χ3v) is 3.31. The molecule has 0 aliphatic rings. The summed E-state index contributed by atoms with van der Waals surface area (Å²) < 4.78 is 0. The Hall–Kier alpha value is -1.41. The minimum Gasteiger partial charge on any atom is -0.302 e. The van der Waals surface area contributed by atoms with Crippen molar-refractivity contribution >= 4 is 22.4 Å². The second kappa shape index (κ2) is 7.02. The van der Waals surface area contributed by atoms with Crippen molar-refractivity contribution in [1.82, 2.24) is 4.98 Å². The van der Waals surface area contributed by atoms with Crippen molar-refractivity contribution in [2.24, 2.45) is 5.92 Å². The number of hydrogen-bond donors (Lipinski definition) is 1. The molecule has 0 radical (unpaired) electrons. The molecule has 17 heavy (non-hydrogen) atoms. The first-order valence-corrected chi connectivity index (χ1v) is 6.69. The topological polar surface area (TPSA) is 65.8 Å². The second-order valence-electron chi connectivity index (χ2n) is 3.90. The maximum atomic E-state index is 12.0. The summed E-state index contributed by atoms with van der Waals surface area (Å²) in [5, 5.41) is 12.0. The van der Waals surface area contributed by atoms with Crippen LogP contribution in [0.5, 0.6) is 0 Å². The third kappa shape index (κ3) is 4.16. The molecule has 0 spiro atoms. The molecule has 0 fully saturated rings. The van der Waals surface area contributed by atoms with E-state index in [9.17, 15) is 4.79 Å². The van der Waals surface area contributed by atoms with E-state index >= 15 is 0 Å². The van der Waals surface area contributed by atoms with Crippen LogP contribution in [0.15, 0.2) is 6.20 Å². The first-order chi connectivity index (χ1) is 8.21. The maximum Gasteiger partial charge on any atom is 0.229 e. The van der Waals surface area contributed by atoms with E-state index in [-0.39, 0.29) is 11.8 Å². The van der Waals surface area contributed by atoms with Crippen LogP contribution in [-0.4, -0.2) is 10.9 Å².